The number of aliphatic hydroxyl groups is 1. The molecule has 3 rings (SSSR count). The van der Waals surface area contributed by atoms with Crippen LogP contribution in [0, 0.1) is 13.8 Å². The number of hydrogen-bond acceptors (Lipinski definition) is 6. The van der Waals surface area contributed by atoms with Crippen molar-refractivity contribution in [3.05, 3.63) is 70.8 Å². The van der Waals surface area contributed by atoms with Gasteiger partial charge in [-0.3, -0.25) is 14.5 Å². The Morgan fingerprint density at radius 2 is 2.28 bits per heavy atom. The van der Waals surface area contributed by atoms with E-state index in [2.05, 4.69) is 27.0 Å². The van der Waals surface area contributed by atoms with E-state index in [9.17, 15) is 9.90 Å². The smallest absolute Gasteiger partial charge is 0.270 e. The third kappa shape index (κ3) is 6.21. The van der Waals surface area contributed by atoms with Gasteiger partial charge in [-0.1, -0.05) is 18.7 Å². The van der Waals surface area contributed by atoms with Crippen molar-refractivity contribution in [3.8, 4) is 0 Å². The van der Waals surface area contributed by atoms with E-state index in [1.807, 2.05) is 45.4 Å². The molecule has 1 amide bonds. The molecule has 8 nitrogen and oxygen atoms in total. The Morgan fingerprint density at radius 3 is 2.97 bits per heavy atom. The number of aliphatic hydroxyl groups excluding tert-OH is 1. The Kier molecular flexibility index (Phi) is 8.08. The number of ether oxygens (including phenoxy) is 1. The lowest BCUT2D eigenvalue weighted by molar-refractivity contribution is -0.0140. The van der Waals surface area contributed by atoms with Crippen LogP contribution in [0.5, 0.6) is 0 Å². The number of aryl methyl sites for hydroxylation is 2. The molecule has 0 bridgehead atoms. The Morgan fingerprint density at radius 1 is 1.47 bits per heavy atom. The van der Waals surface area contributed by atoms with E-state index in [1.54, 1.807) is 16.8 Å². The number of nitrogens with zero attached hydrogens (tertiary/aromatic N) is 4. The third-order valence-electron chi connectivity index (χ3n) is 5.50. The Labute approximate surface area is 188 Å². The van der Waals surface area contributed by atoms with Crippen LogP contribution in [-0.2, 0) is 24.8 Å². The second kappa shape index (κ2) is 11.0. The van der Waals surface area contributed by atoms with Crippen LogP contribution in [-0.4, -0.2) is 57.4 Å². The maximum atomic E-state index is 12.8. The third-order valence-corrected chi connectivity index (χ3v) is 5.50. The van der Waals surface area contributed by atoms with Gasteiger partial charge in [-0.25, -0.2) is 4.98 Å². The molecule has 2 aromatic heterocycles. The summed E-state index contributed by atoms with van der Waals surface area (Å²) in [7, 11) is 1.88. The largest absolute Gasteiger partial charge is 0.391 e. The topological polar surface area (TPSA) is 102 Å². The van der Waals surface area contributed by atoms with E-state index in [4.69, 9.17) is 4.74 Å². The minimum Gasteiger partial charge on any atom is -0.391 e. The highest BCUT2D eigenvalue weighted by atomic mass is 16.5. The van der Waals surface area contributed by atoms with E-state index < -0.39 is 12.1 Å². The number of allylic oxidation sites excluding steroid dienone is 3. The molecule has 2 atom stereocenters. The molecule has 3 heterocycles. The summed E-state index contributed by atoms with van der Waals surface area (Å²) in [6.07, 6.45) is 7.82. The number of aromatic nitrogens is 3. The van der Waals surface area contributed by atoms with Crippen molar-refractivity contribution in [1.29, 1.82) is 0 Å². The zero-order valence-corrected chi connectivity index (χ0v) is 18.9. The van der Waals surface area contributed by atoms with Crippen LogP contribution >= 0.6 is 0 Å². The summed E-state index contributed by atoms with van der Waals surface area (Å²) in [5, 5.41) is 17.3. The zero-order valence-electron chi connectivity index (χ0n) is 18.9. The lowest BCUT2D eigenvalue weighted by Gasteiger charge is -2.28. The van der Waals surface area contributed by atoms with Crippen LogP contribution < -0.4 is 5.32 Å². The Bertz CT molecular complexity index is 1020. The van der Waals surface area contributed by atoms with E-state index in [0.717, 1.165) is 28.1 Å². The van der Waals surface area contributed by atoms with Crippen LogP contribution in [0.2, 0.25) is 0 Å². The molecule has 0 aromatic carbocycles. The van der Waals surface area contributed by atoms with Gasteiger partial charge in [0, 0.05) is 31.8 Å². The van der Waals surface area contributed by atoms with Crippen LogP contribution in [0.3, 0.4) is 0 Å². The highest BCUT2D eigenvalue weighted by Crippen LogP contribution is 2.18. The molecule has 1 saturated heterocycles. The molecule has 170 valence electrons. The summed E-state index contributed by atoms with van der Waals surface area (Å²) in [5.74, 6) is -0.318. The van der Waals surface area contributed by atoms with Gasteiger partial charge in [0.1, 0.15) is 5.69 Å². The number of pyridine rings is 1. The normalized spacial score (nSPS) is 19.3. The minimum atomic E-state index is -0.615. The van der Waals surface area contributed by atoms with Crippen LogP contribution in [0.1, 0.15) is 39.4 Å². The molecule has 0 spiro atoms. The van der Waals surface area contributed by atoms with Crippen molar-refractivity contribution >= 4 is 12.1 Å². The summed E-state index contributed by atoms with van der Waals surface area (Å²) in [4.78, 5) is 21.8. The number of carbonyl (C=O) groups is 1. The molecule has 1 aliphatic heterocycles. The van der Waals surface area contributed by atoms with Gasteiger partial charge in [0.15, 0.2) is 0 Å². The van der Waals surface area contributed by atoms with Gasteiger partial charge in [-0.05, 0) is 55.5 Å². The molecule has 1 aliphatic rings. The number of carbonyl (C=O) groups excluding carboxylic acids is 1. The van der Waals surface area contributed by atoms with Crippen LogP contribution in [0.4, 0.5) is 0 Å². The molecular weight excluding hydrogens is 406 g/mol. The summed E-state index contributed by atoms with van der Waals surface area (Å²) in [5.41, 5.74) is 4.98. The lowest BCUT2D eigenvalue weighted by atomic mass is 9.99. The van der Waals surface area contributed by atoms with Crippen molar-refractivity contribution < 1.29 is 14.6 Å². The molecule has 8 heteroatoms. The summed E-state index contributed by atoms with van der Waals surface area (Å²) < 4.78 is 7.12. The second-order valence-electron chi connectivity index (χ2n) is 7.99. The molecular formula is C24H31N5O3. The number of rotatable bonds is 8. The molecule has 0 saturated carbocycles. The van der Waals surface area contributed by atoms with Crippen LogP contribution in [0.25, 0.3) is 0 Å². The highest BCUT2D eigenvalue weighted by Gasteiger charge is 2.26. The first-order chi connectivity index (χ1) is 15.4. The van der Waals surface area contributed by atoms with E-state index >= 15 is 0 Å². The Balaban J connectivity index is 1.75. The SMILES string of the molecule is C=C/C=C(\C=NCc1ccn(C)n1)Cc1cc(C(=O)N[C@H]2COCC[C@@H]2O)nc(C)c1C. The van der Waals surface area contributed by atoms with Gasteiger partial charge in [0.25, 0.3) is 5.91 Å². The summed E-state index contributed by atoms with van der Waals surface area (Å²) >= 11 is 0. The number of aliphatic imine (C=N–C) groups is 1. The number of amides is 1. The van der Waals surface area contributed by atoms with Gasteiger partial charge in [-0.15, -0.1) is 0 Å². The summed E-state index contributed by atoms with van der Waals surface area (Å²) in [6, 6.07) is 3.30. The first-order valence-corrected chi connectivity index (χ1v) is 10.7. The average Bonchev–Trinajstić information content (AvgIpc) is 3.17. The van der Waals surface area contributed by atoms with Gasteiger partial charge in [0.05, 0.1) is 31.0 Å². The molecule has 1 fully saturated rings. The van der Waals surface area contributed by atoms with Gasteiger partial charge < -0.3 is 15.2 Å². The van der Waals surface area contributed by atoms with Crippen LogP contribution in [0.15, 0.2) is 47.6 Å². The van der Waals surface area contributed by atoms with E-state index in [-0.39, 0.29) is 5.91 Å². The predicted molar refractivity (Wildman–Crippen MR) is 124 cm³/mol. The number of hydrogen-bond donors (Lipinski definition) is 2. The van der Waals surface area contributed by atoms with Crippen molar-refractivity contribution in [2.45, 2.75) is 45.4 Å². The predicted octanol–water partition coefficient (Wildman–Crippen LogP) is 2.24. The van der Waals surface area contributed by atoms with E-state index in [0.29, 0.717) is 38.3 Å². The standard InChI is InChI=1S/C24H31N5O3/c1-5-6-18(13-25-14-20-7-9-29(4)28-20)11-19-12-21(26-17(3)16(19)2)24(31)27-22-15-32-10-8-23(22)30/h5-7,9,12-13,22-23,30H,1,8,10-11,14-15H2,2-4H3,(H,27,31)/b18-6-,25-13?/t22-,23-/m0/s1. The first-order valence-electron chi connectivity index (χ1n) is 10.7. The van der Waals surface area contributed by atoms with E-state index in [1.165, 1.54) is 0 Å². The maximum absolute atomic E-state index is 12.8. The minimum absolute atomic E-state index is 0.295. The second-order valence-corrected chi connectivity index (χ2v) is 7.99. The van der Waals surface area contributed by atoms with Crippen molar-refractivity contribution in [3.63, 3.8) is 0 Å². The Hall–Kier alpha value is -3.10. The van der Waals surface area contributed by atoms with Gasteiger partial charge in [0.2, 0.25) is 0 Å². The number of nitrogens with one attached hydrogen (secondary N) is 1. The molecule has 0 radical (unpaired) electrons. The molecule has 0 aliphatic carbocycles. The van der Waals surface area contributed by atoms with Gasteiger partial charge in [-0.2, -0.15) is 5.10 Å². The summed E-state index contributed by atoms with van der Waals surface area (Å²) in [6.45, 7) is 8.97. The fourth-order valence-corrected chi connectivity index (χ4v) is 3.53. The average molecular weight is 438 g/mol. The quantitative estimate of drug-likeness (QED) is 0.487. The molecule has 32 heavy (non-hydrogen) atoms. The highest BCUT2D eigenvalue weighted by molar-refractivity contribution is 5.93. The fraction of sp³-hybridized carbons (Fsp3) is 0.417. The monoisotopic (exact) mass is 437 g/mol. The van der Waals surface area contributed by atoms with Crippen molar-refractivity contribution in [2.75, 3.05) is 13.2 Å². The maximum Gasteiger partial charge on any atom is 0.270 e. The zero-order chi connectivity index (χ0) is 23.1. The first kappa shape index (κ1) is 23.6. The lowest BCUT2D eigenvalue weighted by Crippen LogP contribution is -2.49. The van der Waals surface area contributed by atoms with Crippen molar-refractivity contribution in [1.82, 2.24) is 20.1 Å². The van der Waals surface area contributed by atoms with Gasteiger partial charge >= 0.3 is 0 Å². The molecule has 0 unspecified atom stereocenters. The van der Waals surface area contributed by atoms with Crippen molar-refractivity contribution in [2.24, 2.45) is 12.0 Å². The molecule has 2 aromatic rings. The fourth-order valence-electron chi connectivity index (χ4n) is 3.53. The molecule has 2 N–H and O–H groups in total.